The van der Waals surface area contributed by atoms with Crippen LogP contribution in [0.2, 0.25) is 5.02 Å². The number of amides is 2. The van der Waals surface area contributed by atoms with Crippen LogP contribution in [0.4, 0.5) is 5.69 Å². The van der Waals surface area contributed by atoms with Crippen LogP contribution < -0.4 is 9.62 Å². The summed E-state index contributed by atoms with van der Waals surface area (Å²) < 4.78 is 29.3. The van der Waals surface area contributed by atoms with Crippen LogP contribution in [-0.2, 0) is 26.2 Å². The van der Waals surface area contributed by atoms with Gasteiger partial charge >= 0.3 is 0 Å². The van der Waals surface area contributed by atoms with Crippen molar-refractivity contribution in [3.8, 4) is 0 Å². The Labute approximate surface area is 249 Å². The number of hydrogen-bond donors (Lipinski definition) is 1. The predicted octanol–water partition coefficient (Wildman–Crippen LogP) is 6.04. The molecule has 7 nitrogen and oxygen atoms in total. The number of anilines is 1. The van der Waals surface area contributed by atoms with E-state index in [0.717, 1.165) is 21.0 Å². The largest absolute Gasteiger partial charge is 0.354 e. The van der Waals surface area contributed by atoms with E-state index < -0.39 is 28.5 Å². The topological polar surface area (TPSA) is 86.8 Å². The van der Waals surface area contributed by atoms with E-state index in [1.165, 1.54) is 4.90 Å². The van der Waals surface area contributed by atoms with Gasteiger partial charge in [-0.3, -0.25) is 13.9 Å². The number of sulfonamides is 1. The van der Waals surface area contributed by atoms with E-state index in [0.29, 0.717) is 29.2 Å². The third kappa shape index (κ3) is 8.33. The molecule has 3 aromatic rings. The predicted molar refractivity (Wildman–Crippen MR) is 166 cm³/mol. The Morgan fingerprint density at radius 2 is 1.51 bits per heavy atom. The number of carbonyl (C=O) groups excluding carboxylic acids is 2. The molecule has 0 heterocycles. The molecule has 0 spiro atoms. The van der Waals surface area contributed by atoms with Crippen LogP contribution in [-0.4, -0.2) is 44.3 Å². The summed E-state index contributed by atoms with van der Waals surface area (Å²) >= 11 is 6.09. The van der Waals surface area contributed by atoms with Crippen molar-refractivity contribution in [3.05, 3.63) is 94.0 Å². The van der Waals surface area contributed by atoms with Gasteiger partial charge in [0.2, 0.25) is 11.8 Å². The highest BCUT2D eigenvalue weighted by molar-refractivity contribution is 7.92. The molecule has 41 heavy (non-hydrogen) atoms. The third-order valence-electron chi connectivity index (χ3n) is 6.86. The molecular weight excluding hydrogens is 558 g/mol. The average molecular weight is 598 g/mol. The van der Waals surface area contributed by atoms with Gasteiger partial charge in [-0.1, -0.05) is 74.3 Å². The van der Waals surface area contributed by atoms with Gasteiger partial charge in [-0.2, -0.15) is 0 Å². The second-order valence-electron chi connectivity index (χ2n) is 10.8. The summed E-state index contributed by atoms with van der Waals surface area (Å²) in [5.74, 6) is -0.525. The minimum Gasteiger partial charge on any atom is -0.354 e. The van der Waals surface area contributed by atoms with Gasteiger partial charge in [-0.15, -0.1) is 0 Å². The van der Waals surface area contributed by atoms with Gasteiger partial charge in [0.1, 0.15) is 12.6 Å². The van der Waals surface area contributed by atoms with Gasteiger partial charge in [0.15, 0.2) is 0 Å². The van der Waals surface area contributed by atoms with Crippen molar-refractivity contribution in [2.75, 3.05) is 17.4 Å². The molecule has 220 valence electrons. The van der Waals surface area contributed by atoms with Gasteiger partial charge in [0, 0.05) is 18.1 Å². The van der Waals surface area contributed by atoms with Crippen molar-refractivity contribution in [3.63, 3.8) is 0 Å². The Hall–Kier alpha value is -3.36. The Kier molecular flexibility index (Phi) is 11.0. The number of benzene rings is 3. The van der Waals surface area contributed by atoms with Gasteiger partial charge in [0.25, 0.3) is 10.0 Å². The molecule has 0 saturated carbocycles. The lowest BCUT2D eigenvalue weighted by Gasteiger charge is -2.33. The Morgan fingerprint density at radius 1 is 0.902 bits per heavy atom. The summed E-state index contributed by atoms with van der Waals surface area (Å²) in [5.41, 5.74) is 3.69. The summed E-state index contributed by atoms with van der Waals surface area (Å²) in [6.07, 6.45) is 0.359. The number of halogens is 1. The molecule has 1 N–H and O–H groups in total. The van der Waals surface area contributed by atoms with E-state index in [2.05, 4.69) is 5.32 Å². The van der Waals surface area contributed by atoms with Crippen molar-refractivity contribution >= 4 is 39.1 Å². The van der Waals surface area contributed by atoms with E-state index in [9.17, 15) is 18.0 Å². The molecule has 0 radical (unpaired) electrons. The van der Waals surface area contributed by atoms with Crippen molar-refractivity contribution in [1.82, 2.24) is 10.2 Å². The van der Waals surface area contributed by atoms with Crippen LogP contribution >= 0.6 is 11.6 Å². The van der Waals surface area contributed by atoms with Crippen LogP contribution in [0.5, 0.6) is 0 Å². The fraction of sp³-hybridized carbons (Fsp3) is 0.375. The molecule has 9 heteroatoms. The molecule has 3 aromatic carbocycles. The average Bonchev–Trinajstić information content (AvgIpc) is 2.93. The normalized spacial score (nSPS) is 12.2. The number of carbonyl (C=O) groups is 2. The van der Waals surface area contributed by atoms with E-state index in [1.807, 2.05) is 53.7 Å². The van der Waals surface area contributed by atoms with Gasteiger partial charge in [-0.05, 0) is 80.1 Å². The highest BCUT2D eigenvalue weighted by Crippen LogP contribution is 2.29. The Bertz CT molecular complexity index is 1460. The number of aryl methyl sites for hydroxylation is 3. The van der Waals surface area contributed by atoms with E-state index >= 15 is 0 Å². The second kappa shape index (κ2) is 14.0. The minimum absolute atomic E-state index is 0.0859. The number of nitrogens with zero attached hydrogens (tertiary/aromatic N) is 2. The van der Waals surface area contributed by atoms with Crippen LogP contribution in [0.1, 0.15) is 49.4 Å². The van der Waals surface area contributed by atoms with E-state index in [4.69, 9.17) is 11.6 Å². The maximum absolute atomic E-state index is 14.2. The number of rotatable bonds is 12. The first-order valence-electron chi connectivity index (χ1n) is 13.8. The van der Waals surface area contributed by atoms with Gasteiger partial charge < -0.3 is 10.2 Å². The Morgan fingerprint density at radius 3 is 2.10 bits per heavy atom. The summed E-state index contributed by atoms with van der Waals surface area (Å²) in [7, 11) is -4.12. The van der Waals surface area contributed by atoms with Crippen LogP contribution in [0.25, 0.3) is 0 Å². The van der Waals surface area contributed by atoms with Crippen molar-refractivity contribution in [1.29, 1.82) is 0 Å². The molecule has 0 bridgehead atoms. The lowest BCUT2D eigenvalue weighted by molar-refractivity contribution is -0.140. The number of nitrogens with one attached hydrogen (secondary N) is 1. The summed E-state index contributed by atoms with van der Waals surface area (Å²) in [6, 6.07) is 18.3. The first-order chi connectivity index (χ1) is 19.3. The van der Waals surface area contributed by atoms with Crippen LogP contribution in [0.15, 0.2) is 71.6 Å². The zero-order valence-corrected chi connectivity index (χ0v) is 26.2. The monoisotopic (exact) mass is 597 g/mol. The molecule has 0 aliphatic heterocycles. The highest BCUT2D eigenvalue weighted by atomic mass is 35.5. The van der Waals surface area contributed by atoms with Gasteiger partial charge in [-0.25, -0.2) is 8.42 Å². The Balaban J connectivity index is 2.08. The van der Waals surface area contributed by atoms with Crippen molar-refractivity contribution in [2.24, 2.45) is 5.92 Å². The zero-order chi connectivity index (χ0) is 30.3. The molecule has 0 saturated heterocycles. The molecule has 0 aliphatic rings. The summed E-state index contributed by atoms with van der Waals surface area (Å²) in [4.78, 5) is 29.1. The number of hydrogen-bond acceptors (Lipinski definition) is 4. The smallest absolute Gasteiger partial charge is 0.264 e. The zero-order valence-electron chi connectivity index (χ0n) is 24.6. The summed E-state index contributed by atoms with van der Waals surface area (Å²) in [6.45, 7) is 11.5. The first-order valence-corrected chi connectivity index (χ1v) is 15.6. The van der Waals surface area contributed by atoms with Crippen molar-refractivity contribution in [2.45, 2.75) is 65.4 Å². The molecule has 0 unspecified atom stereocenters. The second-order valence-corrected chi connectivity index (χ2v) is 13.1. The van der Waals surface area contributed by atoms with Gasteiger partial charge in [0.05, 0.1) is 10.6 Å². The fourth-order valence-electron chi connectivity index (χ4n) is 4.47. The maximum Gasteiger partial charge on any atom is 0.264 e. The first kappa shape index (κ1) is 32.2. The molecule has 0 aliphatic carbocycles. The molecular formula is C32H40ClN3O4S. The summed E-state index contributed by atoms with van der Waals surface area (Å²) in [5, 5.41) is 3.49. The molecule has 0 fully saturated rings. The standard InChI is InChI=1S/C32H40ClN3O4S/c1-7-29(32(38)34-19-22(2)3)35(20-26-12-14-27(33)15-13-26)31(37)21-36(30-18-24(5)8-11-25(30)6)41(39,40)28-16-9-23(4)10-17-28/h8-18,22,29H,7,19-21H2,1-6H3,(H,34,38)/t29-/m0/s1. The SMILES string of the molecule is CC[C@@H](C(=O)NCC(C)C)N(Cc1ccc(Cl)cc1)C(=O)CN(c1cc(C)ccc1C)S(=O)(=O)c1ccc(C)cc1. The lowest BCUT2D eigenvalue weighted by Crippen LogP contribution is -2.52. The van der Waals surface area contributed by atoms with Crippen LogP contribution in [0, 0.1) is 26.7 Å². The quantitative estimate of drug-likeness (QED) is 0.276. The van der Waals surface area contributed by atoms with E-state index in [1.54, 1.807) is 54.6 Å². The lowest BCUT2D eigenvalue weighted by atomic mass is 10.1. The van der Waals surface area contributed by atoms with Crippen LogP contribution in [0.3, 0.4) is 0 Å². The fourth-order valence-corrected chi connectivity index (χ4v) is 6.06. The highest BCUT2D eigenvalue weighted by Gasteiger charge is 2.34. The third-order valence-corrected chi connectivity index (χ3v) is 8.88. The minimum atomic E-state index is -4.12. The molecule has 2 amide bonds. The molecule has 0 aromatic heterocycles. The maximum atomic E-state index is 14.2. The molecule has 3 rings (SSSR count). The molecule has 1 atom stereocenters. The van der Waals surface area contributed by atoms with Crippen molar-refractivity contribution < 1.29 is 18.0 Å². The van der Waals surface area contributed by atoms with E-state index in [-0.39, 0.29) is 23.3 Å².